The molecule has 0 spiro atoms. The second-order valence-electron chi connectivity index (χ2n) is 10.1. The molecule has 2 aromatic carbocycles. The first-order valence-corrected chi connectivity index (χ1v) is 12.9. The molecule has 2 aliphatic heterocycles. The van der Waals surface area contributed by atoms with Crippen LogP contribution in [0.2, 0.25) is 0 Å². The van der Waals surface area contributed by atoms with Crippen molar-refractivity contribution in [1.82, 2.24) is 9.88 Å². The largest absolute Gasteiger partial charge is 0.381 e. The van der Waals surface area contributed by atoms with Gasteiger partial charge in [-0.25, -0.2) is 9.37 Å². The van der Waals surface area contributed by atoms with Gasteiger partial charge in [0, 0.05) is 63.0 Å². The van der Waals surface area contributed by atoms with Crippen LogP contribution in [0.1, 0.15) is 57.4 Å². The van der Waals surface area contributed by atoms with Gasteiger partial charge in [0.2, 0.25) is 0 Å². The molecule has 1 N–H and O–H groups in total. The molecule has 0 aliphatic carbocycles. The summed E-state index contributed by atoms with van der Waals surface area (Å²) < 4.78 is 15.7. The number of nitrogens with one attached hydrogen (secondary N) is 1. The average molecular weight is 498 g/mol. The monoisotopic (exact) mass is 497 g/mol. The Balaban J connectivity index is 1.24. The number of hydrogen-bond donors (Lipinski definition) is 1. The van der Waals surface area contributed by atoms with E-state index in [1.807, 2.05) is 32.2 Å². The molecule has 1 aromatic heterocycles. The average Bonchev–Trinajstić information content (AvgIpc) is 2.88. The number of aryl methyl sites for hydroxylation is 2. The zero-order chi connectivity index (χ0) is 26.0. The van der Waals surface area contributed by atoms with E-state index in [1.165, 1.54) is 6.42 Å². The minimum Gasteiger partial charge on any atom is -0.381 e. The number of aromatic nitrogens is 1. The number of likely N-dealkylation sites (tertiary alicyclic amines) is 1. The van der Waals surface area contributed by atoms with Crippen molar-refractivity contribution in [3.8, 4) is 6.07 Å². The highest BCUT2D eigenvalue weighted by Crippen LogP contribution is 2.37. The molecule has 6 nitrogen and oxygen atoms in total. The SMILES string of the molecule is Cc1cc(C)c(C(=O)N2CCC(F)(c3ccc(C#N)cc3)CC2)cc1NCc1ccc(N2CCC2)nc1. The number of alkyl halides is 1. The fraction of sp³-hybridized carbons (Fsp3) is 0.367. The van der Waals surface area contributed by atoms with E-state index in [4.69, 9.17) is 5.26 Å². The van der Waals surface area contributed by atoms with Crippen LogP contribution in [0.15, 0.2) is 54.7 Å². The summed E-state index contributed by atoms with van der Waals surface area (Å²) in [5.41, 5.74) is 4.22. The molecule has 190 valence electrons. The standard InChI is InChI=1S/C30H32FN5O/c1-21-16-22(2)27(33-19-24-6-9-28(34-20-24)35-12-3-13-35)17-26(21)29(37)36-14-10-30(31,11-15-36)25-7-4-23(18-32)5-8-25/h4-9,16-17,20,33H,3,10-15,19H2,1-2H3. The van der Waals surface area contributed by atoms with Gasteiger partial charge < -0.3 is 15.1 Å². The number of piperidine rings is 1. The first-order chi connectivity index (χ1) is 17.9. The lowest BCUT2D eigenvalue weighted by molar-refractivity contribution is 0.0421. The Bertz CT molecular complexity index is 1320. The molecule has 1 amide bonds. The maximum atomic E-state index is 15.7. The number of nitrogens with zero attached hydrogens (tertiary/aromatic N) is 4. The molecule has 0 bridgehead atoms. The predicted molar refractivity (Wildman–Crippen MR) is 143 cm³/mol. The molecule has 7 heteroatoms. The fourth-order valence-electron chi connectivity index (χ4n) is 5.09. The molecule has 3 heterocycles. The van der Waals surface area contributed by atoms with Gasteiger partial charge in [-0.2, -0.15) is 5.26 Å². The molecule has 2 fully saturated rings. The van der Waals surface area contributed by atoms with E-state index in [-0.39, 0.29) is 18.7 Å². The van der Waals surface area contributed by atoms with Crippen molar-refractivity contribution in [3.63, 3.8) is 0 Å². The van der Waals surface area contributed by atoms with Crippen molar-refractivity contribution in [2.75, 3.05) is 36.4 Å². The number of halogens is 1. The number of hydrogen-bond acceptors (Lipinski definition) is 5. The summed E-state index contributed by atoms with van der Waals surface area (Å²) in [6.45, 7) is 7.43. The van der Waals surface area contributed by atoms with E-state index >= 15 is 4.39 Å². The van der Waals surface area contributed by atoms with Crippen LogP contribution in [0, 0.1) is 25.2 Å². The van der Waals surface area contributed by atoms with Crippen LogP contribution in [0.4, 0.5) is 15.9 Å². The van der Waals surface area contributed by atoms with Crippen LogP contribution in [0.25, 0.3) is 0 Å². The van der Waals surface area contributed by atoms with Crippen LogP contribution >= 0.6 is 0 Å². The van der Waals surface area contributed by atoms with Crippen molar-refractivity contribution in [1.29, 1.82) is 5.26 Å². The zero-order valence-electron chi connectivity index (χ0n) is 21.4. The third-order valence-corrected chi connectivity index (χ3v) is 7.65. The highest BCUT2D eigenvalue weighted by Gasteiger charge is 2.38. The molecule has 2 saturated heterocycles. The maximum absolute atomic E-state index is 15.7. The lowest BCUT2D eigenvalue weighted by Gasteiger charge is -2.37. The first-order valence-electron chi connectivity index (χ1n) is 12.9. The molecule has 5 rings (SSSR count). The van der Waals surface area contributed by atoms with Crippen LogP contribution in [-0.4, -0.2) is 42.0 Å². The van der Waals surface area contributed by atoms with Crippen molar-refractivity contribution < 1.29 is 9.18 Å². The van der Waals surface area contributed by atoms with Gasteiger partial charge in [0.1, 0.15) is 11.5 Å². The molecule has 0 atom stereocenters. The lowest BCUT2D eigenvalue weighted by Crippen LogP contribution is -2.43. The summed E-state index contributed by atoms with van der Waals surface area (Å²) in [5.74, 6) is 0.954. The Morgan fingerprint density at radius 1 is 1.05 bits per heavy atom. The molecule has 0 radical (unpaired) electrons. The topological polar surface area (TPSA) is 72.3 Å². The number of rotatable bonds is 6. The first kappa shape index (κ1) is 24.8. The van der Waals surface area contributed by atoms with Crippen LogP contribution in [0.3, 0.4) is 0 Å². The molecule has 37 heavy (non-hydrogen) atoms. The van der Waals surface area contributed by atoms with Crippen LogP contribution in [-0.2, 0) is 12.2 Å². The van der Waals surface area contributed by atoms with Crippen molar-refractivity contribution in [3.05, 3.63) is 88.1 Å². The Morgan fingerprint density at radius 2 is 1.78 bits per heavy atom. The van der Waals surface area contributed by atoms with E-state index in [0.717, 1.165) is 41.3 Å². The van der Waals surface area contributed by atoms with Gasteiger partial charge in [0.15, 0.2) is 0 Å². The predicted octanol–water partition coefficient (Wildman–Crippen LogP) is 5.49. The summed E-state index contributed by atoms with van der Waals surface area (Å²) >= 11 is 0. The quantitative estimate of drug-likeness (QED) is 0.487. The van der Waals surface area contributed by atoms with E-state index in [1.54, 1.807) is 29.2 Å². The zero-order valence-corrected chi connectivity index (χ0v) is 21.4. The minimum atomic E-state index is -1.49. The summed E-state index contributed by atoms with van der Waals surface area (Å²) in [6.07, 6.45) is 3.60. The summed E-state index contributed by atoms with van der Waals surface area (Å²) in [7, 11) is 0. The lowest BCUT2D eigenvalue weighted by atomic mass is 9.85. The Morgan fingerprint density at radius 3 is 2.38 bits per heavy atom. The minimum absolute atomic E-state index is 0.0667. The van der Waals surface area contributed by atoms with Gasteiger partial charge in [-0.3, -0.25) is 4.79 Å². The molecule has 0 saturated carbocycles. The Labute approximate surface area is 217 Å². The number of amides is 1. The van der Waals surface area contributed by atoms with Gasteiger partial charge in [-0.15, -0.1) is 0 Å². The Kier molecular flexibility index (Phi) is 6.84. The number of nitriles is 1. The number of carbonyl (C=O) groups excluding carboxylic acids is 1. The van der Waals surface area contributed by atoms with Gasteiger partial charge >= 0.3 is 0 Å². The van der Waals surface area contributed by atoms with Crippen LogP contribution in [0.5, 0.6) is 0 Å². The maximum Gasteiger partial charge on any atom is 0.254 e. The number of benzene rings is 2. The van der Waals surface area contributed by atoms with E-state index in [2.05, 4.69) is 33.4 Å². The van der Waals surface area contributed by atoms with Crippen molar-refractivity contribution in [2.24, 2.45) is 0 Å². The summed E-state index contributed by atoms with van der Waals surface area (Å²) in [6, 6.07) is 16.8. The molecular formula is C30H32FN5O. The third kappa shape index (κ3) is 5.15. The smallest absolute Gasteiger partial charge is 0.254 e. The third-order valence-electron chi connectivity index (χ3n) is 7.65. The van der Waals surface area contributed by atoms with Gasteiger partial charge in [-0.1, -0.05) is 24.3 Å². The number of carbonyl (C=O) groups is 1. The summed E-state index contributed by atoms with van der Waals surface area (Å²) in [4.78, 5) is 22.0. The number of anilines is 2. The molecule has 3 aromatic rings. The highest BCUT2D eigenvalue weighted by molar-refractivity contribution is 5.97. The van der Waals surface area contributed by atoms with E-state index < -0.39 is 5.67 Å². The highest BCUT2D eigenvalue weighted by atomic mass is 19.1. The van der Waals surface area contributed by atoms with Crippen LogP contribution < -0.4 is 10.2 Å². The van der Waals surface area contributed by atoms with Gasteiger partial charge in [0.25, 0.3) is 5.91 Å². The van der Waals surface area contributed by atoms with Crippen molar-refractivity contribution >= 4 is 17.4 Å². The second-order valence-corrected chi connectivity index (χ2v) is 10.1. The fourth-order valence-corrected chi connectivity index (χ4v) is 5.09. The summed E-state index contributed by atoms with van der Waals surface area (Å²) in [5, 5.41) is 12.5. The Hall–Kier alpha value is -3.92. The van der Waals surface area contributed by atoms with Crippen molar-refractivity contribution in [2.45, 2.75) is 45.3 Å². The molecule has 2 aliphatic rings. The van der Waals surface area contributed by atoms with E-state index in [0.29, 0.717) is 36.3 Å². The second kappa shape index (κ2) is 10.2. The molecular weight excluding hydrogens is 465 g/mol. The molecule has 0 unspecified atom stereocenters. The van der Waals surface area contributed by atoms with Gasteiger partial charge in [-0.05, 0) is 66.8 Å². The normalized spacial score (nSPS) is 16.6. The number of pyridine rings is 1. The van der Waals surface area contributed by atoms with E-state index in [9.17, 15) is 4.79 Å². The van der Waals surface area contributed by atoms with Gasteiger partial charge in [0.05, 0.1) is 11.6 Å².